The summed E-state index contributed by atoms with van der Waals surface area (Å²) in [6.07, 6.45) is 0. The lowest BCUT2D eigenvalue weighted by Crippen LogP contribution is -2.08. The molecular weight excluding hydrogens is 242 g/mol. The molecule has 0 aliphatic rings. The predicted molar refractivity (Wildman–Crippen MR) is 78.3 cm³/mol. The van der Waals surface area contributed by atoms with Gasteiger partial charge in [0, 0.05) is 5.56 Å². The van der Waals surface area contributed by atoms with Gasteiger partial charge >= 0.3 is 0 Å². The molecule has 0 radical (unpaired) electrons. The topological polar surface area (TPSA) is 35.2 Å². The number of ether oxygens (including phenoxy) is 1. The molecule has 0 fully saturated rings. The predicted octanol–water partition coefficient (Wildman–Crippen LogP) is 3.73. The van der Waals surface area contributed by atoms with E-state index < -0.39 is 0 Å². The summed E-state index contributed by atoms with van der Waals surface area (Å²) >= 11 is 4.91. The van der Waals surface area contributed by atoms with Crippen molar-refractivity contribution in [2.45, 2.75) is 13.8 Å². The first-order chi connectivity index (χ1) is 8.58. The summed E-state index contributed by atoms with van der Waals surface area (Å²) in [4.78, 5) is 0.397. The molecule has 18 heavy (non-hydrogen) atoms. The molecular formula is C15H15NOS. The van der Waals surface area contributed by atoms with Gasteiger partial charge in [0.05, 0.1) is 0 Å². The van der Waals surface area contributed by atoms with Crippen molar-refractivity contribution >= 4 is 17.2 Å². The molecule has 0 aliphatic heterocycles. The third kappa shape index (κ3) is 2.68. The number of hydrogen-bond donors (Lipinski definition) is 1. The monoisotopic (exact) mass is 257 g/mol. The van der Waals surface area contributed by atoms with Crippen molar-refractivity contribution in [3.8, 4) is 11.5 Å². The Kier molecular flexibility index (Phi) is 3.63. The van der Waals surface area contributed by atoms with Crippen molar-refractivity contribution in [2.24, 2.45) is 5.73 Å². The Labute approximate surface area is 112 Å². The van der Waals surface area contributed by atoms with Crippen LogP contribution in [0.15, 0.2) is 42.5 Å². The number of rotatable bonds is 3. The van der Waals surface area contributed by atoms with E-state index in [0.717, 1.165) is 28.2 Å². The highest BCUT2D eigenvalue weighted by atomic mass is 32.1. The molecule has 92 valence electrons. The van der Waals surface area contributed by atoms with Gasteiger partial charge in [-0.05, 0) is 49.2 Å². The largest absolute Gasteiger partial charge is 0.457 e. The lowest BCUT2D eigenvalue weighted by molar-refractivity contribution is 0.475. The van der Waals surface area contributed by atoms with Gasteiger partial charge in [0.1, 0.15) is 16.5 Å². The Morgan fingerprint density at radius 1 is 1.00 bits per heavy atom. The first-order valence-corrected chi connectivity index (χ1v) is 6.12. The highest BCUT2D eigenvalue weighted by molar-refractivity contribution is 7.80. The molecule has 0 aromatic heterocycles. The van der Waals surface area contributed by atoms with E-state index in [1.807, 2.05) is 56.3 Å². The summed E-state index contributed by atoms with van der Waals surface area (Å²) in [5.41, 5.74) is 8.64. The maximum Gasteiger partial charge on any atom is 0.133 e. The number of para-hydroxylation sites is 1. The quantitative estimate of drug-likeness (QED) is 0.851. The van der Waals surface area contributed by atoms with Gasteiger partial charge < -0.3 is 10.5 Å². The molecule has 0 heterocycles. The maximum absolute atomic E-state index is 5.89. The van der Waals surface area contributed by atoms with Crippen molar-refractivity contribution in [3.63, 3.8) is 0 Å². The normalized spacial score (nSPS) is 10.1. The number of benzene rings is 2. The standard InChI is InChI=1S/C15H15NOS/c1-10-4-3-5-11(2)14(10)17-13-8-6-12(7-9-13)15(16)18/h3-9H,1-2H3,(H2,16,18). The Hall–Kier alpha value is -1.87. The van der Waals surface area contributed by atoms with Crippen molar-refractivity contribution in [1.82, 2.24) is 0 Å². The summed E-state index contributed by atoms with van der Waals surface area (Å²) in [7, 11) is 0. The minimum atomic E-state index is 0.397. The van der Waals surface area contributed by atoms with E-state index in [2.05, 4.69) is 0 Å². The fraction of sp³-hybridized carbons (Fsp3) is 0.133. The van der Waals surface area contributed by atoms with Gasteiger partial charge in [0.2, 0.25) is 0 Å². The van der Waals surface area contributed by atoms with Gasteiger partial charge in [-0.15, -0.1) is 0 Å². The van der Waals surface area contributed by atoms with Crippen molar-refractivity contribution in [2.75, 3.05) is 0 Å². The highest BCUT2D eigenvalue weighted by Crippen LogP contribution is 2.28. The van der Waals surface area contributed by atoms with Crippen molar-refractivity contribution in [1.29, 1.82) is 0 Å². The molecule has 0 bridgehead atoms. The zero-order valence-electron chi connectivity index (χ0n) is 10.4. The van der Waals surface area contributed by atoms with Gasteiger partial charge in [-0.1, -0.05) is 30.4 Å². The highest BCUT2D eigenvalue weighted by Gasteiger charge is 2.05. The van der Waals surface area contributed by atoms with Crippen LogP contribution in [0.25, 0.3) is 0 Å². The average molecular weight is 257 g/mol. The zero-order valence-corrected chi connectivity index (χ0v) is 11.3. The number of nitrogens with two attached hydrogens (primary N) is 1. The smallest absolute Gasteiger partial charge is 0.133 e. The van der Waals surface area contributed by atoms with Gasteiger partial charge in [0.15, 0.2) is 0 Å². The van der Waals surface area contributed by atoms with E-state index in [-0.39, 0.29) is 0 Å². The molecule has 0 atom stereocenters. The van der Waals surface area contributed by atoms with Crippen LogP contribution < -0.4 is 10.5 Å². The first-order valence-electron chi connectivity index (χ1n) is 5.72. The van der Waals surface area contributed by atoms with E-state index in [1.54, 1.807) is 0 Å². The minimum Gasteiger partial charge on any atom is -0.457 e. The Morgan fingerprint density at radius 2 is 1.56 bits per heavy atom. The van der Waals surface area contributed by atoms with Crippen molar-refractivity contribution < 1.29 is 4.74 Å². The fourth-order valence-electron chi connectivity index (χ4n) is 1.77. The van der Waals surface area contributed by atoms with Crippen LogP contribution in [0.2, 0.25) is 0 Å². The second kappa shape index (κ2) is 5.19. The Balaban J connectivity index is 2.26. The van der Waals surface area contributed by atoms with Gasteiger partial charge in [0.25, 0.3) is 0 Å². The lowest BCUT2D eigenvalue weighted by atomic mass is 10.1. The van der Waals surface area contributed by atoms with Gasteiger partial charge in [-0.3, -0.25) is 0 Å². The number of hydrogen-bond acceptors (Lipinski definition) is 2. The molecule has 2 nitrogen and oxygen atoms in total. The number of aryl methyl sites for hydroxylation is 2. The molecule has 2 aromatic carbocycles. The molecule has 0 saturated carbocycles. The summed E-state index contributed by atoms with van der Waals surface area (Å²) in [5.74, 6) is 1.69. The SMILES string of the molecule is Cc1cccc(C)c1Oc1ccc(C(N)=S)cc1. The zero-order chi connectivity index (χ0) is 13.1. The van der Waals surface area contributed by atoms with E-state index >= 15 is 0 Å². The van der Waals surface area contributed by atoms with Crippen LogP contribution in [0.3, 0.4) is 0 Å². The van der Waals surface area contributed by atoms with Crippen LogP contribution in [0.1, 0.15) is 16.7 Å². The molecule has 0 spiro atoms. The Morgan fingerprint density at radius 3 is 2.06 bits per heavy atom. The van der Waals surface area contributed by atoms with E-state index in [1.165, 1.54) is 0 Å². The summed E-state index contributed by atoms with van der Waals surface area (Å²) in [5, 5.41) is 0. The molecule has 2 N–H and O–H groups in total. The second-order valence-electron chi connectivity index (χ2n) is 4.21. The third-order valence-electron chi connectivity index (χ3n) is 2.77. The summed E-state index contributed by atoms with van der Waals surface area (Å²) < 4.78 is 5.89. The average Bonchev–Trinajstić information content (AvgIpc) is 2.34. The van der Waals surface area contributed by atoms with Crippen LogP contribution in [0.5, 0.6) is 11.5 Å². The summed E-state index contributed by atoms with van der Waals surface area (Å²) in [6, 6.07) is 13.6. The minimum absolute atomic E-state index is 0.397. The van der Waals surface area contributed by atoms with Crippen LogP contribution in [0.4, 0.5) is 0 Å². The maximum atomic E-state index is 5.89. The molecule has 0 amide bonds. The molecule has 2 aromatic rings. The molecule has 0 aliphatic carbocycles. The molecule has 2 rings (SSSR count). The Bertz CT molecular complexity index is 555. The van der Waals surface area contributed by atoms with Crippen LogP contribution in [-0.4, -0.2) is 4.99 Å². The lowest BCUT2D eigenvalue weighted by Gasteiger charge is -2.11. The van der Waals surface area contributed by atoms with E-state index in [4.69, 9.17) is 22.7 Å². The van der Waals surface area contributed by atoms with Crippen LogP contribution in [-0.2, 0) is 0 Å². The second-order valence-corrected chi connectivity index (χ2v) is 4.65. The number of thiocarbonyl (C=S) groups is 1. The third-order valence-corrected chi connectivity index (χ3v) is 3.00. The summed E-state index contributed by atoms with van der Waals surface area (Å²) in [6.45, 7) is 4.07. The van der Waals surface area contributed by atoms with Crippen LogP contribution in [0, 0.1) is 13.8 Å². The fourth-order valence-corrected chi connectivity index (χ4v) is 1.90. The van der Waals surface area contributed by atoms with Gasteiger partial charge in [-0.2, -0.15) is 0 Å². The van der Waals surface area contributed by atoms with Gasteiger partial charge in [-0.25, -0.2) is 0 Å². The van der Waals surface area contributed by atoms with E-state index in [0.29, 0.717) is 4.99 Å². The van der Waals surface area contributed by atoms with Crippen molar-refractivity contribution in [3.05, 3.63) is 59.2 Å². The molecule has 0 saturated heterocycles. The first kappa shape index (κ1) is 12.6. The van der Waals surface area contributed by atoms with Crippen LogP contribution >= 0.6 is 12.2 Å². The van der Waals surface area contributed by atoms with E-state index in [9.17, 15) is 0 Å². The molecule has 0 unspecified atom stereocenters. The molecule has 3 heteroatoms.